The molecule has 0 spiro atoms. The quantitative estimate of drug-likeness (QED) is 0.559. The molecular formula is C23H25F3N4O. The van der Waals surface area contributed by atoms with E-state index in [0.717, 1.165) is 37.6 Å². The fraction of sp³-hybridized carbons (Fsp3) is 0.391. The second kappa shape index (κ2) is 9.20. The van der Waals surface area contributed by atoms with Gasteiger partial charge in [-0.2, -0.15) is 18.2 Å². The molecule has 1 aromatic heterocycles. The summed E-state index contributed by atoms with van der Waals surface area (Å²) < 4.78 is 44.2. The van der Waals surface area contributed by atoms with Crippen molar-refractivity contribution in [2.45, 2.75) is 38.1 Å². The zero-order valence-electron chi connectivity index (χ0n) is 17.3. The SMILES string of the molecule is CN(Cc1cccc(C(F)(F)F)c1)C1CCN(Cc2nc(-c3ccccc3)no2)CC1. The van der Waals surface area contributed by atoms with Crippen molar-refractivity contribution >= 4 is 0 Å². The first-order chi connectivity index (χ1) is 14.9. The highest BCUT2D eigenvalue weighted by Crippen LogP contribution is 2.30. The molecule has 0 unspecified atom stereocenters. The minimum Gasteiger partial charge on any atom is -0.338 e. The Morgan fingerprint density at radius 2 is 1.81 bits per heavy atom. The molecule has 0 saturated carbocycles. The van der Waals surface area contributed by atoms with Crippen molar-refractivity contribution < 1.29 is 17.7 Å². The lowest BCUT2D eigenvalue weighted by Crippen LogP contribution is -2.42. The van der Waals surface area contributed by atoms with Crippen LogP contribution in [0.3, 0.4) is 0 Å². The Bertz CT molecular complexity index is 982. The van der Waals surface area contributed by atoms with Crippen LogP contribution in [-0.4, -0.2) is 46.1 Å². The molecule has 2 aromatic carbocycles. The molecule has 0 radical (unpaired) electrons. The van der Waals surface area contributed by atoms with Gasteiger partial charge in [-0.05, 0) is 31.5 Å². The lowest BCUT2D eigenvalue weighted by atomic mass is 10.0. The summed E-state index contributed by atoms with van der Waals surface area (Å²) in [6.07, 6.45) is -2.43. The maximum atomic E-state index is 12.9. The van der Waals surface area contributed by atoms with Crippen LogP contribution in [0, 0.1) is 0 Å². The third-order valence-electron chi connectivity index (χ3n) is 5.73. The van der Waals surface area contributed by atoms with Gasteiger partial charge in [0.05, 0.1) is 12.1 Å². The summed E-state index contributed by atoms with van der Waals surface area (Å²) in [5, 5.41) is 4.07. The molecule has 2 heterocycles. The molecule has 0 amide bonds. The summed E-state index contributed by atoms with van der Waals surface area (Å²) in [5.41, 5.74) is 1.01. The van der Waals surface area contributed by atoms with Crippen LogP contribution >= 0.6 is 0 Å². The van der Waals surface area contributed by atoms with Crippen molar-refractivity contribution in [2.75, 3.05) is 20.1 Å². The summed E-state index contributed by atoms with van der Waals surface area (Å²) in [4.78, 5) is 8.91. The highest BCUT2D eigenvalue weighted by Gasteiger charge is 2.30. The van der Waals surface area contributed by atoms with Crippen LogP contribution in [0.15, 0.2) is 59.1 Å². The minimum atomic E-state index is -4.31. The van der Waals surface area contributed by atoms with Gasteiger partial charge in [-0.25, -0.2) is 0 Å². The summed E-state index contributed by atoms with van der Waals surface area (Å²) in [7, 11) is 1.98. The number of alkyl halides is 3. The highest BCUT2D eigenvalue weighted by atomic mass is 19.4. The molecule has 0 bridgehead atoms. The maximum absolute atomic E-state index is 12.9. The number of likely N-dealkylation sites (tertiary alicyclic amines) is 1. The van der Waals surface area contributed by atoms with Crippen molar-refractivity contribution in [3.05, 3.63) is 71.6 Å². The zero-order valence-corrected chi connectivity index (χ0v) is 17.3. The third kappa shape index (κ3) is 5.51. The Labute approximate surface area is 179 Å². The monoisotopic (exact) mass is 430 g/mol. The fourth-order valence-corrected chi connectivity index (χ4v) is 4.00. The Morgan fingerprint density at radius 3 is 2.52 bits per heavy atom. The van der Waals surface area contributed by atoms with Crippen molar-refractivity contribution in [3.63, 3.8) is 0 Å². The predicted molar refractivity (Wildman–Crippen MR) is 111 cm³/mol. The van der Waals surface area contributed by atoms with Gasteiger partial charge in [0.15, 0.2) is 0 Å². The number of hydrogen-bond acceptors (Lipinski definition) is 5. The van der Waals surface area contributed by atoms with Crippen LogP contribution in [0.4, 0.5) is 13.2 Å². The lowest BCUT2D eigenvalue weighted by Gasteiger charge is -2.36. The second-order valence-electron chi connectivity index (χ2n) is 8.00. The predicted octanol–water partition coefficient (Wildman–Crippen LogP) is 4.85. The number of piperidine rings is 1. The first-order valence-electron chi connectivity index (χ1n) is 10.4. The molecule has 5 nitrogen and oxygen atoms in total. The number of rotatable bonds is 6. The zero-order chi connectivity index (χ0) is 21.8. The van der Waals surface area contributed by atoms with E-state index in [0.29, 0.717) is 36.4 Å². The molecule has 1 saturated heterocycles. The molecule has 0 aliphatic carbocycles. The molecule has 1 aliphatic heterocycles. The van der Waals surface area contributed by atoms with Gasteiger partial charge in [0, 0.05) is 31.2 Å². The first-order valence-corrected chi connectivity index (χ1v) is 10.4. The van der Waals surface area contributed by atoms with Gasteiger partial charge in [-0.1, -0.05) is 53.7 Å². The molecule has 1 aliphatic rings. The lowest BCUT2D eigenvalue weighted by molar-refractivity contribution is -0.137. The summed E-state index contributed by atoms with van der Waals surface area (Å²) in [5.74, 6) is 1.18. The molecule has 0 atom stereocenters. The van der Waals surface area contributed by atoms with Crippen molar-refractivity contribution in [1.29, 1.82) is 0 Å². The van der Waals surface area contributed by atoms with E-state index in [1.54, 1.807) is 6.07 Å². The fourth-order valence-electron chi connectivity index (χ4n) is 4.00. The second-order valence-corrected chi connectivity index (χ2v) is 8.00. The molecular weight excluding hydrogens is 405 g/mol. The molecule has 1 fully saturated rings. The molecule has 4 rings (SSSR count). The normalized spacial score (nSPS) is 16.2. The number of nitrogens with zero attached hydrogens (tertiary/aromatic N) is 4. The molecule has 164 valence electrons. The standard InChI is InChI=1S/C23H25F3N4O/c1-29(15-17-6-5-9-19(14-17)23(24,25)26)20-10-12-30(13-11-20)16-21-27-22(28-31-21)18-7-3-2-4-8-18/h2-9,14,20H,10-13,15-16H2,1H3. The van der Waals surface area contributed by atoms with Crippen LogP contribution in [0.25, 0.3) is 11.4 Å². The van der Waals surface area contributed by atoms with Crippen LogP contribution in [-0.2, 0) is 19.3 Å². The van der Waals surface area contributed by atoms with E-state index < -0.39 is 11.7 Å². The van der Waals surface area contributed by atoms with Crippen molar-refractivity contribution in [3.8, 4) is 11.4 Å². The van der Waals surface area contributed by atoms with Gasteiger partial charge in [0.25, 0.3) is 0 Å². The largest absolute Gasteiger partial charge is 0.416 e. The van der Waals surface area contributed by atoms with E-state index in [4.69, 9.17) is 4.52 Å². The van der Waals surface area contributed by atoms with E-state index in [9.17, 15) is 13.2 Å². The van der Waals surface area contributed by atoms with Crippen LogP contribution < -0.4 is 0 Å². The Morgan fingerprint density at radius 1 is 1.06 bits per heavy atom. The van der Waals surface area contributed by atoms with Gasteiger partial charge < -0.3 is 4.52 Å². The van der Waals surface area contributed by atoms with E-state index in [1.807, 2.05) is 37.4 Å². The Kier molecular flexibility index (Phi) is 6.38. The molecule has 0 N–H and O–H groups in total. The van der Waals surface area contributed by atoms with Gasteiger partial charge in [0.1, 0.15) is 0 Å². The average Bonchev–Trinajstić information content (AvgIpc) is 3.23. The summed E-state index contributed by atoms with van der Waals surface area (Å²) in [6.45, 7) is 2.85. The minimum absolute atomic E-state index is 0.327. The van der Waals surface area contributed by atoms with E-state index in [1.165, 1.54) is 12.1 Å². The molecule has 31 heavy (non-hydrogen) atoms. The van der Waals surface area contributed by atoms with Crippen LogP contribution in [0.1, 0.15) is 29.9 Å². The van der Waals surface area contributed by atoms with Gasteiger partial charge >= 0.3 is 6.18 Å². The number of benzene rings is 2. The van der Waals surface area contributed by atoms with E-state index in [2.05, 4.69) is 19.9 Å². The summed E-state index contributed by atoms with van der Waals surface area (Å²) in [6, 6.07) is 15.6. The topological polar surface area (TPSA) is 45.4 Å². The van der Waals surface area contributed by atoms with Crippen molar-refractivity contribution in [2.24, 2.45) is 0 Å². The molecule has 3 aromatic rings. The Balaban J connectivity index is 1.28. The first kappa shape index (κ1) is 21.5. The van der Waals surface area contributed by atoms with E-state index in [-0.39, 0.29) is 0 Å². The van der Waals surface area contributed by atoms with Gasteiger partial charge in [0.2, 0.25) is 11.7 Å². The van der Waals surface area contributed by atoms with E-state index >= 15 is 0 Å². The number of halogens is 3. The van der Waals surface area contributed by atoms with Gasteiger partial charge in [-0.3, -0.25) is 9.80 Å². The number of aromatic nitrogens is 2. The highest BCUT2D eigenvalue weighted by molar-refractivity contribution is 5.53. The summed E-state index contributed by atoms with van der Waals surface area (Å²) >= 11 is 0. The van der Waals surface area contributed by atoms with Crippen molar-refractivity contribution in [1.82, 2.24) is 19.9 Å². The number of hydrogen-bond donors (Lipinski definition) is 0. The van der Waals surface area contributed by atoms with Gasteiger partial charge in [-0.15, -0.1) is 0 Å². The smallest absolute Gasteiger partial charge is 0.338 e. The van der Waals surface area contributed by atoms with Crippen LogP contribution in [0.5, 0.6) is 0 Å². The van der Waals surface area contributed by atoms with Crippen LogP contribution in [0.2, 0.25) is 0 Å². The third-order valence-corrected chi connectivity index (χ3v) is 5.73. The maximum Gasteiger partial charge on any atom is 0.416 e. The molecule has 8 heteroatoms. The average molecular weight is 430 g/mol. The Hall–Kier alpha value is -2.71.